The van der Waals surface area contributed by atoms with Crippen LogP contribution in [0.25, 0.3) is 10.9 Å². The second-order valence-corrected chi connectivity index (χ2v) is 6.46. The van der Waals surface area contributed by atoms with Gasteiger partial charge in [0.1, 0.15) is 0 Å². The van der Waals surface area contributed by atoms with E-state index in [1.807, 2.05) is 18.3 Å². The zero-order chi connectivity index (χ0) is 17.2. The standard InChI is InChI=1S/C19H17ClN4O.ClH/c20-15-3-4-17-14(2-1-6-22-17)18(15)19(25)24-10-12-8-13-11-21-7-5-16(13)23-9-12;/h1-4,6,8-9,21H,5,7,10-11H2,(H,24,25);1H. The summed E-state index contributed by atoms with van der Waals surface area (Å²) in [5, 5.41) is 7.45. The van der Waals surface area contributed by atoms with Gasteiger partial charge in [0.15, 0.2) is 0 Å². The molecule has 1 aromatic carbocycles. The predicted octanol–water partition coefficient (Wildman–Crippen LogP) is 3.28. The predicted molar refractivity (Wildman–Crippen MR) is 105 cm³/mol. The fraction of sp³-hybridized carbons (Fsp3) is 0.211. The summed E-state index contributed by atoms with van der Waals surface area (Å²) in [7, 11) is 0. The molecule has 2 N–H and O–H groups in total. The Hall–Kier alpha value is -2.21. The summed E-state index contributed by atoms with van der Waals surface area (Å²) in [6.07, 6.45) is 4.47. The Kier molecular flexibility index (Phi) is 5.71. The Labute approximate surface area is 162 Å². The summed E-state index contributed by atoms with van der Waals surface area (Å²) in [5.41, 5.74) is 4.52. The molecule has 0 saturated heterocycles. The Morgan fingerprint density at radius 2 is 2.15 bits per heavy atom. The molecule has 1 aliphatic heterocycles. The van der Waals surface area contributed by atoms with E-state index in [9.17, 15) is 4.79 Å². The number of fused-ring (bicyclic) bond motifs is 2. The zero-order valence-electron chi connectivity index (χ0n) is 14.0. The van der Waals surface area contributed by atoms with Crippen LogP contribution < -0.4 is 10.6 Å². The maximum absolute atomic E-state index is 12.7. The van der Waals surface area contributed by atoms with Crippen molar-refractivity contribution in [2.75, 3.05) is 6.54 Å². The van der Waals surface area contributed by atoms with Crippen LogP contribution in [0.3, 0.4) is 0 Å². The molecule has 3 heterocycles. The fourth-order valence-electron chi connectivity index (χ4n) is 3.12. The Bertz CT molecular complexity index is 961. The van der Waals surface area contributed by atoms with E-state index in [1.165, 1.54) is 5.56 Å². The molecule has 1 aliphatic rings. The molecule has 0 aliphatic carbocycles. The van der Waals surface area contributed by atoms with Crippen molar-refractivity contribution in [1.82, 2.24) is 20.6 Å². The average Bonchev–Trinajstić information content (AvgIpc) is 2.66. The number of halogens is 2. The normalized spacial score (nSPS) is 13.0. The van der Waals surface area contributed by atoms with Gasteiger partial charge in [0, 0.05) is 49.5 Å². The molecular weight excluding hydrogens is 371 g/mol. The number of hydrogen-bond donors (Lipinski definition) is 2. The SMILES string of the molecule is Cl.O=C(NCc1cnc2c(c1)CNCC2)c1c(Cl)ccc2ncccc12. The number of aromatic nitrogens is 2. The van der Waals surface area contributed by atoms with Gasteiger partial charge in [-0.15, -0.1) is 12.4 Å². The number of nitrogens with one attached hydrogen (secondary N) is 2. The monoisotopic (exact) mass is 388 g/mol. The van der Waals surface area contributed by atoms with Crippen molar-refractivity contribution >= 4 is 40.8 Å². The summed E-state index contributed by atoms with van der Waals surface area (Å²) in [4.78, 5) is 21.5. The lowest BCUT2D eigenvalue weighted by molar-refractivity contribution is 0.0952. The van der Waals surface area contributed by atoms with Crippen LogP contribution in [-0.2, 0) is 19.5 Å². The number of benzene rings is 1. The topological polar surface area (TPSA) is 66.9 Å². The molecule has 0 spiro atoms. The molecule has 7 heteroatoms. The minimum Gasteiger partial charge on any atom is -0.348 e. The van der Waals surface area contributed by atoms with E-state index >= 15 is 0 Å². The largest absolute Gasteiger partial charge is 0.348 e. The highest BCUT2D eigenvalue weighted by molar-refractivity contribution is 6.35. The Morgan fingerprint density at radius 3 is 3.04 bits per heavy atom. The number of carbonyl (C=O) groups excluding carboxylic acids is 1. The molecular formula is C19H18Cl2N4O. The van der Waals surface area contributed by atoms with Crippen molar-refractivity contribution < 1.29 is 4.79 Å². The zero-order valence-corrected chi connectivity index (χ0v) is 15.5. The molecule has 0 unspecified atom stereocenters. The highest BCUT2D eigenvalue weighted by Gasteiger charge is 2.15. The van der Waals surface area contributed by atoms with E-state index in [4.69, 9.17) is 11.6 Å². The molecule has 0 atom stereocenters. The van der Waals surface area contributed by atoms with E-state index in [0.717, 1.165) is 41.7 Å². The maximum Gasteiger partial charge on any atom is 0.253 e. The summed E-state index contributed by atoms with van der Waals surface area (Å²) in [6.45, 7) is 2.20. The Balaban J connectivity index is 0.00000196. The first-order valence-corrected chi connectivity index (χ1v) is 8.59. The first-order chi connectivity index (χ1) is 12.2. The van der Waals surface area contributed by atoms with E-state index in [1.54, 1.807) is 18.3 Å². The molecule has 5 nitrogen and oxygen atoms in total. The first-order valence-electron chi connectivity index (χ1n) is 8.21. The highest BCUT2D eigenvalue weighted by Crippen LogP contribution is 2.25. The first kappa shape index (κ1) is 18.6. The summed E-state index contributed by atoms with van der Waals surface area (Å²) in [5.74, 6) is -0.209. The molecule has 26 heavy (non-hydrogen) atoms. The molecule has 4 rings (SSSR count). The highest BCUT2D eigenvalue weighted by atomic mass is 35.5. The van der Waals surface area contributed by atoms with Gasteiger partial charge in [-0.1, -0.05) is 17.7 Å². The van der Waals surface area contributed by atoms with Crippen LogP contribution in [0.2, 0.25) is 5.02 Å². The van der Waals surface area contributed by atoms with E-state index in [-0.39, 0.29) is 18.3 Å². The number of nitrogens with zero attached hydrogens (tertiary/aromatic N) is 2. The van der Waals surface area contributed by atoms with Gasteiger partial charge in [-0.3, -0.25) is 14.8 Å². The molecule has 0 radical (unpaired) electrons. The molecule has 0 bridgehead atoms. The molecule has 2 aromatic heterocycles. The minimum absolute atomic E-state index is 0. The van der Waals surface area contributed by atoms with Crippen LogP contribution in [-0.4, -0.2) is 22.4 Å². The number of rotatable bonds is 3. The average molecular weight is 389 g/mol. The lowest BCUT2D eigenvalue weighted by Gasteiger charge is -2.17. The third kappa shape index (κ3) is 3.65. The lowest BCUT2D eigenvalue weighted by atomic mass is 10.0. The third-order valence-corrected chi connectivity index (χ3v) is 4.70. The minimum atomic E-state index is -0.209. The van der Waals surface area contributed by atoms with Crippen LogP contribution >= 0.6 is 24.0 Å². The molecule has 0 fully saturated rings. The molecule has 134 valence electrons. The second kappa shape index (κ2) is 7.99. The summed E-state index contributed by atoms with van der Waals surface area (Å²) >= 11 is 6.27. The van der Waals surface area contributed by atoms with Crippen LogP contribution in [0.1, 0.15) is 27.2 Å². The number of carbonyl (C=O) groups is 1. The number of amides is 1. The van der Waals surface area contributed by atoms with Crippen molar-refractivity contribution in [3.05, 3.63) is 70.1 Å². The van der Waals surface area contributed by atoms with Crippen molar-refractivity contribution in [2.45, 2.75) is 19.5 Å². The Morgan fingerprint density at radius 1 is 1.27 bits per heavy atom. The lowest BCUT2D eigenvalue weighted by Crippen LogP contribution is -2.26. The van der Waals surface area contributed by atoms with Crippen LogP contribution in [0, 0.1) is 0 Å². The van der Waals surface area contributed by atoms with Gasteiger partial charge in [0.25, 0.3) is 5.91 Å². The van der Waals surface area contributed by atoms with Gasteiger partial charge >= 0.3 is 0 Å². The molecule has 1 amide bonds. The van der Waals surface area contributed by atoms with Gasteiger partial charge in [-0.25, -0.2) is 0 Å². The van der Waals surface area contributed by atoms with Gasteiger partial charge < -0.3 is 10.6 Å². The van der Waals surface area contributed by atoms with Crippen molar-refractivity contribution in [3.63, 3.8) is 0 Å². The van der Waals surface area contributed by atoms with Crippen molar-refractivity contribution in [2.24, 2.45) is 0 Å². The summed E-state index contributed by atoms with van der Waals surface area (Å²) < 4.78 is 0. The molecule has 3 aromatic rings. The smallest absolute Gasteiger partial charge is 0.253 e. The molecule has 0 saturated carbocycles. The quantitative estimate of drug-likeness (QED) is 0.722. The van der Waals surface area contributed by atoms with Gasteiger partial charge in [0.05, 0.1) is 16.1 Å². The van der Waals surface area contributed by atoms with Gasteiger partial charge in [0.2, 0.25) is 0 Å². The maximum atomic E-state index is 12.7. The van der Waals surface area contributed by atoms with Crippen molar-refractivity contribution in [3.8, 4) is 0 Å². The fourth-order valence-corrected chi connectivity index (χ4v) is 3.37. The van der Waals surface area contributed by atoms with Gasteiger partial charge in [-0.2, -0.15) is 0 Å². The van der Waals surface area contributed by atoms with Gasteiger partial charge in [-0.05, 0) is 35.4 Å². The van der Waals surface area contributed by atoms with Crippen molar-refractivity contribution in [1.29, 1.82) is 0 Å². The second-order valence-electron chi connectivity index (χ2n) is 6.05. The summed E-state index contributed by atoms with van der Waals surface area (Å²) in [6, 6.07) is 9.28. The number of hydrogen-bond acceptors (Lipinski definition) is 4. The van der Waals surface area contributed by atoms with E-state index in [2.05, 4.69) is 26.7 Å². The van der Waals surface area contributed by atoms with E-state index in [0.29, 0.717) is 17.1 Å². The van der Waals surface area contributed by atoms with Crippen LogP contribution in [0.4, 0.5) is 0 Å². The van der Waals surface area contributed by atoms with E-state index < -0.39 is 0 Å². The van der Waals surface area contributed by atoms with Crippen LogP contribution in [0.15, 0.2) is 42.7 Å². The third-order valence-electron chi connectivity index (χ3n) is 4.38. The van der Waals surface area contributed by atoms with Crippen LogP contribution in [0.5, 0.6) is 0 Å². The number of pyridine rings is 2.